The van der Waals surface area contributed by atoms with Crippen LogP contribution in [0.15, 0.2) is 45.8 Å². The molecule has 1 amide bonds. The number of hydrogen-bond acceptors (Lipinski definition) is 4. The van der Waals surface area contributed by atoms with Crippen LogP contribution in [-0.4, -0.2) is 20.4 Å². The van der Waals surface area contributed by atoms with E-state index in [2.05, 4.69) is 26.0 Å². The molecule has 0 bridgehead atoms. The Bertz CT molecular complexity index is 944. The van der Waals surface area contributed by atoms with Crippen LogP contribution < -0.4 is 14.8 Å². The van der Waals surface area contributed by atoms with Crippen molar-refractivity contribution >= 4 is 43.2 Å². The van der Waals surface area contributed by atoms with Gasteiger partial charge in [-0.05, 0) is 53.0 Å². The zero-order chi connectivity index (χ0) is 18.2. The summed E-state index contributed by atoms with van der Waals surface area (Å²) >= 11 is 3.26. The van der Waals surface area contributed by atoms with Crippen LogP contribution in [0.2, 0.25) is 0 Å². The van der Waals surface area contributed by atoms with E-state index in [1.54, 1.807) is 25.1 Å². The number of ether oxygens (including phenoxy) is 1. The van der Waals surface area contributed by atoms with Crippen molar-refractivity contribution in [2.24, 2.45) is 0 Å². The van der Waals surface area contributed by atoms with E-state index >= 15 is 0 Å². The molecule has 0 aliphatic carbocycles. The van der Waals surface area contributed by atoms with Gasteiger partial charge in [0.1, 0.15) is 10.6 Å². The minimum atomic E-state index is -3.82. The number of carbonyl (C=O) groups excluding carboxylic acids is 1. The van der Waals surface area contributed by atoms with Crippen molar-refractivity contribution in [2.45, 2.75) is 31.3 Å². The first-order chi connectivity index (χ1) is 11.8. The third-order valence-corrected chi connectivity index (χ3v) is 6.18. The van der Waals surface area contributed by atoms with Crippen LogP contribution >= 0.6 is 15.9 Å². The summed E-state index contributed by atoms with van der Waals surface area (Å²) in [5.74, 6) is 0.0440. The first-order valence-corrected chi connectivity index (χ1v) is 10.0. The fourth-order valence-electron chi connectivity index (χ4n) is 2.48. The lowest BCUT2D eigenvalue weighted by Crippen LogP contribution is -2.34. The fourth-order valence-corrected chi connectivity index (χ4v) is 4.59. The largest absolute Gasteiger partial charge is 0.479 e. The maximum atomic E-state index is 12.8. The Labute approximate surface area is 154 Å². The van der Waals surface area contributed by atoms with Crippen molar-refractivity contribution in [1.82, 2.24) is 0 Å². The number of hydrogen-bond donors (Lipinski definition) is 2. The Morgan fingerprint density at radius 1 is 1.28 bits per heavy atom. The van der Waals surface area contributed by atoms with Gasteiger partial charge in [0.2, 0.25) is 0 Å². The molecule has 0 radical (unpaired) electrons. The first kappa shape index (κ1) is 17.8. The van der Waals surface area contributed by atoms with Gasteiger partial charge < -0.3 is 10.1 Å². The van der Waals surface area contributed by atoms with Gasteiger partial charge in [0.15, 0.2) is 6.10 Å². The van der Waals surface area contributed by atoms with Crippen molar-refractivity contribution in [2.75, 3.05) is 10.0 Å². The number of rotatable bonds is 4. The molecule has 1 unspecified atom stereocenters. The molecule has 8 heteroatoms. The van der Waals surface area contributed by atoms with Gasteiger partial charge in [-0.25, -0.2) is 8.42 Å². The van der Waals surface area contributed by atoms with Crippen LogP contribution in [0.3, 0.4) is 0 Å². The van der Waals surface area contributed by atoms with Gasteiger partial charge in [0.25, 0.3) is 15.9 Å². The van der Waals surface area contributed by atoms with Crippen molar-refractivity contribution < 1.29 is 17.9 Å². The molecule has 132 valence electrons. The van der Waals surface area contributed by atoms with E-state index in [9.17, 15) is 13.2 Å². The van der Waals surface area contributed by atoms with E-state index in [4.69, 9.17) is 4.74 Å². The fraction of sp³-hybridized carbons (Fsp3) is 0.235. The lowest BCUT2D eigenvalue weighted by molar-refractivity contribution is -0.122. The summed E-state index contributed by atoms with van der Waals surface area (Å²) in [5.41, 5.74) is 1.96. The number of amides is 1. The highest BCUT2D eigenvalue weighted by molar-refractivity contribution is 9.10. The van der Waals surface area contributed by atoms with Gasteiger partial charge in [0.05, 0.1) is 5.69 Å². The quantitative estimate of drug-likeness (QED) is 0.785. The highest BCUT2D eigenvalue weighted by atomic mass is 79.9. The van der Waals surface area contributed by atoms with Crippen LogP contribution in [0.5, 0.6) is 5.75 Å². The molecular formula is C17H17BrN2O4S. The third-order valence-electron chi connectivity index (χ3n) is 3.84. The molecule has 0 saturated heterocycles. The molecule has 25 heavy (non-hydrogen) atoms. The summed E-state index contributed by atoms with van der Waals surface area (Å²) in [6, 6.07) is 10.2. The monoisotopic (exact) mass is 424 g/mol. The van der Waals surface area contributed by atoms with Crippen LogP contribution in [0.4, 0.5) is 11.4 Å². The molecule has 1 atom stereocenters. The molecule has 1 aliphatic rings. The standard InChI is InChI=1S/C17H17BrN2O4S/c1-3-11-5-4-6-12(7-11)20-25(22,23)16-9-15-14(8-13(16)18)19-17(21)10(2)24-15/h4-10,20H,3H2,1-2H3,(H,19,21). The van der Waals surface area contributed by atoms with Gasteiger partial charge in [-0.15, -0.1) is 0 Å². The molecule has 1 heterocycles. The van der Waals surface area contributed by atoms with Crippen LogP contribution in [0.1, 0.15) is 19.4 Å². The van der Waals surface area contributed by atoms with E-state index < -0.39 is 16.1 Å². The number of aryl methyl sites for hydroxylation is 1. The molecule has 2 aromatic rings. The Balaban J connectivity index is 1.97. The predicted octanol–water partition coefficient (Wildman–Crippen LogP) is 3.53. The van der Waals surface area contributed by atoms with Crippen LogP contribution in [-0.2, 0) is 21.2 Å². The minimum Gasteiger partial charge on any atom is -0.479 e. The number of anilines is 2. The Morgan fingerprint density at radius 3 is 2.76 bits per heavy atom. The third kappa shape index (κ3) is 3.64. The molecule has 2 N–H and O–H groups in total. The summed E-state index contributed by atoms with van der Waals surface area (Å²) in [6.07, 6.45) is 0.127. The lowest BCUT2D eigenvalue weighted by atomic mass is 10.1. The molecule has 6 nitrogen and oxygen atoms in total. The smallest absolute Gasteiger partial charge is 0.265 e. The molecular weight excluding hydrogens is 408 g/mol. The van der Waals surface area contributed by atoms with Gasteiger partial charge in [0, 0.05) is 16.2 Å². The predicted molar refractivity (Wildman–Crippen MR) is 99.5 cm³/mol. The van der Waals surface area contributed by atoms with E-state index in [-0.39, 0.29) is 10.8 Å². The van der Waals surface area contributed by atoms with Gasteiger partial charge >= 0.3 is 0 Å². The Hall–Kier alpha value is -2.06. The second-order valence-electron chi connectivity index (χ2n) is 5.69. The van der Waals surface area contributed by atoms with E-state index in [1.807, 2.05) is 13.0 Å². The zero-order valence-corrected chi connectivity index (χ0v) is 16.1. The molecule has 0 fully saturated rings. The number of fused-ring (bicyclic) bond motifs is 1. The second kappa shape index (κ2) is 6.68. The first-order valence-electron chi connectivity index (χ1n) is 7.73. The van der Waals surface area contributed by atoms with Gasteiger partial charge in [-0.2, -0.15) is 0 Å². The maximum absolute atomic E-state index is 12.8. The highest BCUT2D eigenvalue weighted by Crippen LogP contribution is 2.37. The topological polar surface area (TPSA) is 84.5 Å². The van der Waals surface area contributed by atoms with Crippen molar-refractivity contribution in [3.05, 3.63) is 46.4 Å². The molecule has 0 saturated carbocycles. The Kier molecular flexibility index (Phi) is 4.75. The normalized spacial score (nSPS) is 16.6. The van der Waals surface area contributed by atoms with Crippen LogP contribution in [0.25, 0.3) is 0 Å². The number of sulfonamides is 1. The average Bonchev–Trinajstić information content (AvgIpc) is 2.55. The van der Waals surface area contributed by atoms with E-state index in [0.29, 0.717) is 21.6 Å². The SMILES string of the molecule is CCc1cccc(NS(=O)(=O)c2cc3c(cc2Br)NC(=O)C(C)O3)c1. The summed E-state index contributed by atoms with van der Waals surface area (Å²) in [4.78, 5) is 11.7. The molecule has 1 aliphatic heterocycles. The number of halogens is 1. The summed E-state index contributed by atoms with van der Waals surface area (Å²) in [5, 5.41) is 2.68. The zero-order valence-electron chi connectivity index (χ0n) is 13.7. The minimum absolute atomic E-state index is 0.0384. The van der Waals surface area contributed by atoms with Crippen LogP contribution in [0, 0.1) is 0 Å². The van der Waals surface area contributed by atoms with E-state index in [1.165, 1.54) is 12.1 Å². The average molecular weight is 425 g/mol. The van der Waals surface area contributed by atoms with Crippen molar-refractivity contribution in [3.8, 4) is 5.75 Å². The lowest BCUT2D eigenvalue weighted by Gasteiger charge is -2.24. The summed E-state index contributed by atoms with van der Waals surface area (Å²) in [6.45, 7) is 3.60. The number of nitrogens with one attached hydrogen (secondary N) is 2. The number of carbonyl (C=O) groups is 1. The second-order valence-corrected chi connectivity index (χ2v) is 8.19. The summed E-state index contributed by atoms with van der Waals surface area (Å²) in [7, 11) is -3.82. The van der Waals surface area contributed by atoms with Crippen molar-refractivity contribution in [3.63, 3.8) is 0 Å². The van der Waals surface area contributed by atoms with Gasteiger partial charge in [-0.1, -0.05) is 19.1 Å². The molecule has 0 spiro atoms. The van der Waals surface area contributed by atoms with E-state index in [0.717, 1.165) is 12.0 Å². The molecule has 0 aromatic heterocycles. The van der Waals surface area contributed by atoms with Crippen molar-refractivity contribution in [1.29, 1.82) is 0 Å². The molecule has 3 rings (SSSR count). The molecule has 2 aromatic carbocycles. The Morgan fingerprint density at radius 2 is 2.04 bits per heavy atom. The number of benzene rings is 2. The maximum Gasteiger partial charge on any atom is 0.265 e. The van der Waals surface area contributed by atoms with Gasteiger partial charge in [-0.3, -0.25) is 9.52 Å². The summed E-state index contributed by atoms with van der Waals surface area (Å²) < 4.78 is 33.9. The highest BCUT2D eigenvalue weighted by Gasteiger charge is 2.27.